The summed E-state index contributed by atoms with van der Waals surface area (Å²) in [4.78, 5) is 2.29. The topological polar surface area (TPSA) is 35.5 Å². The molecule has 0 aliphatic carbocycles. The Hall–Kier alpha value is -0.770. The van der Waals surface area contributed by atoms with Crippen molar-refractivity contribution < 1.29 is 5.11 Å². The maximum absolute atomic E-state index is 9.14. The average Bonchev–Trinajstić information content (AvgIpc) is 2.80. The fraction of sp³-hybridized carbons (Fsp3) is 0.538. The van der Waals surface area contributed by atoms with Crippen molar-refractivity contribution >= 4 is 17.3 Å². The first kappa shape index (κ1) is 12.7. The molecule has 2 rings (SSSR count). The molecule has 1 unspecified atom stereocenters. The predicted octanol–water partition coefficient (Wildman–Crippen LogP) is 1.88. The van der Waals surface area contributed by atoms with Gasteiger partial charge in [0.15, 0.2) is 0 Å². The van der Waals surface area contributed by atoms with Gasteiger partial charge in [0.2, 0.25) is 0 Å². The van der Waals surface area contributed by atoms with Crippen LogP contribution >= 0.6 is 11.6 Å². The summed E-state index contributed by atoms with van der Waals surface area (Å²) in [6.07, 6.45) is 1.06. The molecule has 1 aromatic carbocycles. The Morgan fingerprint density at radius 3 is 2.94 bits per heavy atom. The molecule has 1 fully saturated rings. The number of hydrogen-bond donors (Lipinski definition) is 2. The molecule has 0 bridgehead atoms. The Kier molecular flexibility index (Phi) is 4.26. The fourth-order valence-electron chi connectivity index (χ4n) is 2.28. The first-order valence-corrected chi connectivity index (χ1v) is 6.41. The zero-order chi connectivity index (χ0) is 12.3. The van der Waals surface area contributed by atoms with E-state index >= 15 is 0 Å². The molecule has 1 aliphatic rings. The maximum atomic E-state index is 9.14. The number of benzene rings is 1. The zero-order valence-corrected chi connectivity index (χ0v) is 10.9. The number of halogens is 1. The monoisotopic (exact) mass is 254 g/mol. The highest BCUT2D eigenvalue weighted by Gasteiger charge is 2.22. The van der Waals surface area contributed by atoms with E-state index in [9.17, 15) is 0 Å². The summed E-state index contributed by atoms with van der Waals surface area (Å²) < 4.78 is 0. The molecule has 0 aromatic heterocycles. The van der Waals surface area contributed by atoms with E-state index in [1.165, 1.54) is 0 Å². The first-order chi connectivity index (χ1) is 8.24. The highest BCUT2D eigenvalue weighted by atomic mass is 35.5. The van der Waals surface area contributed by atoms with Gasteiger partial charge in [-0.1, -0.05) is 17.7 Å². The minimum absolute atomic E-state index is 0.280. The lowest BCUT2D eigenvalue weighted by atomic mass is 10.1. The molecule has 0 radical (unpaired) electrons. The van der Waals surface area contributed by atoms with E-state index in [-0.39, 0.29) is 6.61 Å². The van der Waals surface area contributed by atoms with Crippen LogP contribution in [0.3, 0.4) is 0 Å². The van der Waals surface area contributed by atoms with Crippen LogP contribution in [0.2, 0.25) is 5.02 Å². The number of nitrogens with zero attached hydrogens (tertiary/aromatic N) is 1. The fourth-order valence-corrected chi connectivity index (χ4v) is 2.52. The number of rotatable bonds is 4. The van der Waals surface area contributed by atoms with Gasteiger partial charge in [0.25, 0.3) is 0 Å². The van der Waals surface area contributed by atoms with Gasteiger partial charge in [0.05, 0.1) is 0 Å². The normalized spacial score (nSPS) is 19.9. The van der Waals surface area contributed by atoms with Crippen LogP contribution in [-0.4, -0.2) is 31.9 Å². The van der Waals surface area contributed by atoms with Crippen LogP contribution in [0, 0.1) is 5.92 Å². The van der Waals surface area contributed by atoms with E-state index in [0.29, 0.717) is 5.92 Å². The van der Waals surface area contributed by atoms with Crippen LogP contribution in [0.1, 0.15) is 12.0 Å². The minimum atomic E-state index is 0.280. The van der Waals surface area contributed by atoms with Crippen LogP contribution < -0.4 is 10.2 Å². The predicted molar refractivity (Wildman–Crippen MR) is 71.6 cm³/mol. The van der Waals surface area contributed by atoms with Crippen LogP contribution in [0.4, 0.5) is 5.69 Å². The van der Waals surface area contributed by atoms with Crippen LogP contribution in [0.25, 0.3) is 0 Å². The summed E-state index contributed by atoms with van der Waals surface area (Å²) in [5, 5.41) is 13.0. The highest BCUT2D eigenvalue weighted by Crippen LogP contribution is 2.28. The SMILES string of the molecule is CNCc1ccc(N2CCC(CO)C2)cc1Cl. The number of anilines is 1. The van der Waals surface area contributed by atoms with Crippen molar-refractivity contribution in [2.24, 2.45) is 5.92 Å². The summed E-state index contributed by atoms with van der Waals surface area (Å²) >= 11 is 6.24. The molecule has 3 nitrogen and oxygen atoms in total. The molecule has 4 heteroatoms. The van der Waals surface area contributed by atoms with Gasteiger partial charge in [0, 0.05) is 42.9 Å². The lowest BCUT2D eigenvalue weighted by Gasteiger charge is -2.19. The third-order valence-corrected chi connectivity index (χ3v) is 3.66. The second-order valence-electron chi connectivity index (χ2n) is 4.59. The van der Waals surface area contributed by atoms with Crippen LogP contribution in [0.15, 0.2) is 18.2 Å². The molecule has 94 valence electrons. The second kappa shape index (κ2) is 5.71. The minimum Gasteiger partial charge on any atom is -0.396 e. The molecule has 1 aliphatic heterocycles. The van der Waals surface area contributed by atoms with Gasteiger partial charge in [-0.15, -0.1) is 0 Å². The molecule has 1 atom stereocenters. The molecule has 0 saturated carbocycles. The summed E-state index contributed by atoms with van der Waals surface area (Å²) in [6, 6.07) is 6.20. The van der Waals surface area contributed by atoms with Crippen molar-refractivity contribution in [1.29, 1.82) is 0 Å². The molecule has 17 heavy (non-hydrogen) atoms. The third kappa shape index (κ3) is 2.92. The Morgan fingerprint density at radius 2 is 2.35 bits per heavy atom. The van der Waals surface area contributed by atoms with Gasteiger partial charge in [-0.05, 0) is 31.2 Å². The van der Waals surface area contributed by atoms with Crippen LogP contribution in [-0.2, 0) is 6.54 Å². The number of aliphatic hydroxyl groups excluding tert-OH is 1. The highest BCUT2D eigenvalue weighted by molar-refractivity contribution is 6.31. The average molecular weight is 255 g/mol. The van der Waals surface area contributed by atoms with Gasteiger partial charge in [-0.25, -0.2) is 0 Å². The summed E-state index contributed by atoms with van der Waals surface area (Å²) in [6.45, 7) is 3.01. The summed E-state index contributed by atoms with van der Waals surface area (Å²) in [7, 11) is 1.91. The third-order valence-electron chi connectivity index (χ3n) is 3.31. The Labute approximate surface area is 107 Å². The van der Waals surface area contributed by atoms with E-state index in [2.05, 4.69) is 22.3 Å². The Bertz CT molecular complexity index is 384. The quantitative estimate of drug-likeness (QED) is 0.861. The van der Waals surface area contributed by atoms with Gasteiger partial charge < -0.3 is 15.3 Å². The van der Waals surface area contributed by atoms with Crippen molar-refractivity contribution in [2.75, 3.05) is 31.6 Å². The molecule has 1 heterocycles. The van der Waals surface area contributed by atoms with E-state index in [4.69, 9.17) is 16.7 Å². The second-order valence-corrected chi connectivity index (χ2v) is 5.00. The largest absolute Gasteiger partial charge is 0.396 e. The van der Waals surface area contributed by atoms with Gasteiger partial charge in [-0.2, -0.15) is 0 Å². The van der Waals surface area contributed by atoms with Gasteiger partial charge in [0.1, 0.15) is 0 Å². The van der Waals surface area contributed by atoms with Gasteiger partial charge >= 0.3 is 0 Å². The van der Waals surface area contributed by atoms with Crippen molar-refractivity contribution in [2.45, 2.75) is 13.0 Å². The Balaban J connectivity index is 2.09. The van der Waals surface area contributed by atoms with E-state index < -0.39 is 0 Å². The van der Waals surface area contributed by atoms with E-state index in [1.54, 1.807) is 0 Å². The summed E-state index contributed by atoms with van der Waals surface area (Å²) in [5.74, 6) is 0.408. The number of hydrogen-bond acceptors (Lipinski definition) is 3. The molecule has 1 aromatic rings. The van der Waals surface area contributed by atoms with Crippen molar-refractivity contribution in [1.82, 2.24) is 5.32 Å². The molecular weight excluding hydrogens is 236 g/mol. The maximum Gasteiger partial charge on any atom is 0.0476 e. The first-order valence-electron chi connectivity index (χ1n) is 6.03. The van der Waals surface area contributed by atoms with E-state index in [0.717, 1.165) is 42.3 Å². The molecule has 0 spiro atoms. The summed E-state index contributed by atoms with van der Waals surface area (Å²) in [5.41, 5.74) is 2.28. The lowest BCUT2D eigenvalue weighted by molar-refractivity contribution is 0.238. The van der Waals surface area contributed by atoms with Crippen LogP contribution in [0.5, 0.6) is 0 Å². The zero-order valence-electron chi connectivity index (χ0n) is 10.1. The molecular formula is C13H19ClN2O. The smallest absolute Gasteiger partial charge is 0.0476 e. The number of aliphatic hydroxyl groups is 1. The van der Waals surface area contributed by atoms with Crippen molar-refractivity contribution in [3.05, 3.63) is 28.8 Å². The standard InChI is InChI=1S/C13H19ClN2O/c1-15-7-11-2-3-12(6-13(11)14)16-5-4-10(8-16)9-17/h2-3,6,10,15,17H,4-5,7-9H2,1H3. The van der Waals surface area contributed by atoms with Crippen molar-refractivity contribution in [3.63, 3.8) is 0 Å². The Morgan fingerprint density at radius 1 is 1.53 bits per heavy atom. The van der Waals surface area contributed by atoms with Crippen molar-refractivity contribution in [3.8, 4) is 0 Å². The molecule has 1 saturated heterocycles. The van der Waals surface area contributed by atoms with E-state index in [1.807, 2.05) is 13.1 Å². The molecule has 2 N–H and O–H groups in total. The lowest BCUT2D eigenvalue weighted by Crippen LogP contribution is -2.20. The number of nitrogens with one attached hydrogen (secondary N) is 1. The molecule has 0 amide bonds. The van der Waals surface area contributed by atoms with Gasteiger partial charge in [-0.3, -0.25) is 0 Å².